The summed E-state index contributed by atoms with van der Waals surface area (Å²) in [6, 6.07) is 5.80. The highest BCUT2D eigenvalue weighted by Crippen LogP contribution is 2.23. The highest BCUT2D eigenvalue weighted by molar-refractivity contribution is 5.47. The third kappa shape index (κ3) is 4.55. The summed E-state index contributed by atoms with van der Waals surface area (Å²) in [6.07, 6.45) is 0. The predicted molar refractivity (Wildman–Crippen MR) is 74.9 cm³/mol. The van der Waals surface area contributed by atoms with Crippen LogP contribution in [0.4, 0.5) is 5.69 Å². The van der Waals surface area contributed by atoms with E-state index >= 15 is 0 Å². The lowest BCUT2D eigenvalue weighted by molar-refractivity contribution is 0.146. The number of nitrogens with zero attached hydrogens (tertiary/aromatic N) is 1. The van der Waals surface area contributed by atoms with E-state index in [1.807, 2.05) is 25.1 Å². The molecular formula is C14H24N2O2. The Hall–Kier alpha value is -1.26. The molecule has 0 radical (unpaired) electrons. The van der Waals surface area contributed by atoms with Crippen molar-refractivity contribution < 1.29 is 9.47 Å². The molecule has 0 bridgehead atoms. The summed E-state index contributed by atoms with van der Waals surface area (Å²) < 4.78 is 10.7. The van der Waals surface area contributed by atoms with Gasteiger partial charge in [0.1, 0.15) is 5.75 Å². The number of rotatable bonds is 8. The summed E-state index contributed by atoms with van der Waals surface area (Å²) in [5, 5.41) is 0. The zero-order valence-corrected chi connectivity index (χ0v) is 11.6. The number of nitrogen functional groups attached to an aromatic ring is 1. The second kappa shape index (κ2) is 7.95. The van der Waals surface area contributed by atoms with Gasteiger partial charge in [-0.05, 0) is 31.7 Å². The van der Waals surface area contributed by atoms with Crippen molar-refractivity contribution in [2.24, 2.45) is 0 Å². The Balaban J connectivity index is 2.76. The minimum Gasteiger partial charge on any atom is -0.494 e. The van der Waals surface area contributed by atoms with Crippen molar-refractivity contribution in [3.63, 3.8) is 0 Å². The van der Waals surface area contributed by atoms with E-state index in [9.17, 15) is 0 Å². The number of methoxy groups -OCH3 is 1. The molecule has 4 nitrogen and oxygen atoms in total. The van der Waals surface area contributed by atoms with Crippen molar-refractivity contribution in [1.29, 1.82) is 0 Å². The second-order valence-corrected chi connectivity index (χ2v) is 4.16. The van der Waals surface area contributed by atoms with Gasteiger partial charge in [-0.15, -0.1) is 0 Å². The Kier molecular flexibility index (Phi) is 6.54. The maximum Gasteiger partial charge on any atom is 0.123 e. The van der Waals surface area contributed by atoms with E-state index in [-0.39, 0.29) is 0 Å². The van der Waals surface area contributed by atoms with Crippen LogP contribution in [-0.4, -0.2) is 38.3 Å². The number of hydrogen-bond donors (Lipinski definition) is 1. The molecule has 4 heteroatoms. The molecule has 0 saturated carbocycles. The Morgan fingerprint density at radius 1 is 1.28 bits per heavy atom. The molecule has 0 heterocycles. The average molecular weight is 252 g/mol. The van der Waals surface area contributed by atoms with E-state index < -0.39 is 0 Å². The van der Waals surface area contributed by atoms with Crippen LogP contribution in [0.3, 0.4) is 0 Å². The minimum absolute atomic E-state index is 0.668. The van der Waals surface area contributed by atoms with E-state index in [2.05, 4.69) is 11.8 Å². The first kappa shape index (κ1) is 14.8. The maximum atomic E-state index is 5.84. The van der Waals surface area contributed by atoms with Gasteiger partial charge in [-0.25, -0.2) is 0 Å². The smallest absolute Gasteiger partial charge is 0.123 e. The number of benzene rings is 1. The number of anilines is 1. The van der Waals surface area contributed by atoms with Crippen LogP contribution in [0.15, 0.2) is 18.2 Å². The molecule has 1 rings (SSSR count). The summed E-state index contributed by atoms with van der Waals surface area (Å²) in [6.45, 7) is 8.25. The molecule has 0 atom stereocenters. The fourth-order valence-electron chi connectivity index (χ4n) is 1.83. The van der Waals surface area contributed by atoms with Crippen LogP contribution in [0.5, 0.6) is 5.75 Å². The van der Waals surface area contributed by atoms with Gasteiger partial charge in [-0.3, -0.25) is 4.90 Å². The van der Waals surface area contributed by atoms with Crippen molar-refractivity contribution in [1.82, 2.24) is 4.90 Å². The first-order valence-corrected chi connectivity index (χ1v) is 6.43. The predicted octanol–water partition coefficient (Wildman–Crippen LogP) is 2.14. The fourth-order valence-corrected chi connectivity index (χ4v) is 1.83. The SMILES string of the molecule is CCOc1ccc(N)cc1CN(CC)CCOC. The van der Waals surface area contributed by atoms with Crippen molar-refractivity contribution in [3.05, 3.63) is 23.8 Å². The van der Waals surface area contributed by atoms with Gasteiger partial charge in [-0.2, -0.15) is 0 Å². The Morgan fingerprint density at radius 3 is 2.67 bits per heavy atom. The lowest BCUT2D eigenvalue weighted by Crippen LogP contribution is -2.27. The molecule has 0 saturated heterocycles. The van der Waals surface area contributed by atoms with Crippen molar-refractivity contribution in [2.45, 2.75) is 20.4 Å². The third-order valence-electron chi connectivity index (χ3n) is 2.84. The molecule has 0 fully saturated rings. The number of likely N-dealkylation sites (N-methyl/N-ethyl adjacent to an activating group) is 1. The van der Waals surface area contributed by atoms with E-state index in [1.54, 1.807) is 7.11 Å². The van der Waals surface area contributed by atoms with Crippen LogP contribution in [0.2, 0.25) is 0 Å². The molecule has 0 spiro atoms. The molecule has 0 aliphatic heterocycles. The summed E-state index contributed by atoms with van der Waals surface area (Å²) in [5.41, 5.74) is 7.75. The normalized spacial score (nSPS) is 10.9. The Bertz CT molecular complexity index is 356. The van der Waals surface area contributed by atoms with Crippen molar-refractivity contribution >= 4 is 5.69 Å². The zero-order valence-electron chi connectivity index (χ0n) is 11.6. The Morgan fingerprint density at radius 2 is 2.06 bits per heavy atom. The molecule has 0 aliphatic carbocycles. The van der Waals surface area contributed by atoms with Crippen LogP contribution in [0.1, 0.15) is 19.4 Å². The van der Waals surface area contributed by atoms with Gasteiger partial charge in [0.15, 0.2) is 0 Å². The van der Waals surface area contributed by atoms with Crippen molar-refractivity contribution in [2.75, 3.05) is 39.1 Å². The number of ether oxygens (including phenoxy) is 2. The first-order valence-electron chi connectivity index (χ1n) is 6.43. The summed E-state index contributed by atoms with van der Waals surface area (Å²) in [4.78, 5) is 2.31. The fraction of sp³-hybridized carbons (Fsp3) is 0.571. The molecule has 0 aliphatic rings. The number of hydrogen-bond acceptors (Lipinski definition) is 4. The molecule has 102 valence electrons. The van der Waals surface area contributed by atoms with Gasteiger partial charge in [0.2, 0.25) is 0 Å². The Labute approximate surface area is 110 Å². The molecule has 0 amide bonds. The average Bonchev–Trinajstić information content (AvgIpc) is 2.37. The standard InChI is InChI=1S/C14H24N2O2/c1-4-16(8-9-17-3)11-12-10-13(15)6-7-14(12)18-5-2/h6-7,10H,4-5,8-9,11,15H2,1-3H3. The van der Waals surface area contributed by atoms with Gasteiger partial charge < -0.3 is 15.2 Å². The summed E-state index contributed by atoms with van der Waals surface area (Å²) in [7, 11) is 1.72. The van der Waals surface area contributed by atoms with E-state index in [0.717, 1.165) is 43.2 Å². The quantitative estimate of drug-likeness (QED) is 0.720. The topological polar surface area (TPSA) is 47.7 Å². The molecule has 0 unspecified atom stereocenters. The summed E-state index contributed by atoms with van der Waals surface area (Å²) in [5.74, 6) is 0.919. The largest absolute Gasteiger partial charge is 0.494 e. The van der Waals surface area contributed by atoms with Gasteiger partial charge >= 0.3 is 0 Å². The molecule has 0 aromatic heterocycles. The molecular weight excluding hydrogens is 228 g/mol. The van der Waals surface area contributed by atoms with Crippen LogP contribution in [0.25, 0.3) is 0 Å². The first-order chi connectivity index (χ1) is 8.71. The van der Waals surface area contributed by atoms with Gasteiger partial charge in [0.05, 0.1) is 13.2 Å². The van der Waals surface area contributed by atoms with Crippen LogP contribution >= 0.6 is 0 Å². The van der Waals surface area contributed by atoms with Crippen LogP contribution < -0.4 is 10.5 Å². The van der Waals surface area contributed by atoms with Crippen LogP contribution in [-0.2, 0) is 11.3 Å². The lowest BCUT2D eigenvalue weighted by Gasteiger charge is -2.21. The molecule has 1 aromatic carbocycles. The van der Waals surface area contributed by atoms with E-state index in [4.69, 9.17) is 15.2 Å². The van der Waals surface area contributed by atoms with Gasteiger partial charge in [0.25, 0.3) is 0 Å². The zero-order chi connectivity index (χ0) is 13.4. The maximum absolute atomic E-state index is 5.84. The second-order valence-electron chi connectivity index (χ2n) is 4.16. The van der Waals surface area contributed by atoms with E-state index in [1.165, 1.54) is 0 Å². The van der Waals surface area contributed by atoms with Gasteiger partial charge in [0, 0.05) is 31.5 Å². The highest BCUT2D eigenvalue weighted by atomic mass is 16.5. The monoisotopic (exact) mass is 252 g/mol. The third-order valence-corrected chi connectivity index (χ3v) is 2.84. The highest BCUT2D eigenvalue weighted by Gasteiger charge is 2.09. The minimum atomic E-state index is 0.668. The lowest BCUT2D eigenvalue weighted by atomic mass is 10.1. The summed E-state index contributed by atoms with van der Waals surface area (Å²) >= 11 is 0. The number of nitrogens with two attached hydrogens (primary N) is 1. The molecule has 1 aromatic rings. The van der Waals surface area contributed by atoms with Crippen molar-refractivity contribution in [3.8, 4) is 5.75 Å². The van der Waals surface area contributed by atoms with E-state index in [0.29, 0.717) is 6.61 Å². The van der Waals surface area contributed by atoms with Gasteiger partial charge in [-0.1, -0.05) is 6.92 Å². The molecule has 18 heavy (non-hydrogen) atoms. The van der Waals surface area contributed by atoms with Crippen LogP contribution in [0, 0.1) is 0 Å². The molecule has 2 N–H and O–H groups in total.